The van der Waals surface area contributed by atoms with E-state index in [1.54, 1.807) is 0 Å². The van der Waals surface area contributed by atoms with Gasteiger partial charge in [0, 0.05) is 17.4 Å². The Morgan fingerprint density at radius 1 is 1.12 bits per heavy atom. The maximum Gasteiger partial charge on any atom is 0.239 e. The normalized spacial score (nSPS) is 10.1. The van der Waals surface area contributed by atoms with Gasteiger partial charge in [0.05, 0.1) is 0 Å². The molecule has 0 amide bonds. The number of hydrazine groups is 1. The van der Waals surface area contributed by atoms with Crippen LogP contribution in [-0.4, -0.2) is 9.97 Å². The van der Waals surface area contributed by atoms with Gasteiger partial charge in [0.15, 0.2) is 0 Å². The average molecular weight is 229 g/mol. The van der Waals surface area contributed by atoms with Gasteiger partial charge in [-0.1, -0.05) is 18.2 Å². The van der Waals surface area contributed by atoms with Gasteiger partial charge in [-0.25, -0.2) is 10.8 Å². The van der Waals surface area contributed by atoms with E-state index >= 15 is 0 Å². The second-order valence-electron chi connectivity index (χ2n) is 3.80. The molecule has 5 heteroatoms. The number of nitrogen functional groups attached to an aromatic ring is 1. The lowest BCUT2D eigenvalue weighted by atomic mass is 10.2. The Balaban J connectivity index is 2.30. The standard InChI is InChI=1S/C12H15N5/c1-8-5-3-4-6-10(8)15-11-7-9(2)14-12(16-11)17-13/h3-7H,13H2,1-2H3,(H2,14,15,16,17). The van der Waals surface area contributed by atoms with Crippen molar-refractivity contribution in [1.29, 1.82) is 0 Å². The van der Waals surface area contributed by atoms with E-state index in [1.807, 2.05) is 44.2 Å². The summed E-state index contributed by atoms with van der Waals surface area (Å²) in [5, 5.41) is 3.24. The number of para-hydroxylation sites is 1. The van der Waals surface area contributed by atoms with E-state index in [2.05, 4.69) is 20.7 Å². The second kappa shape index (κ2) is 4.80. The number of aromatic nitrogens is 2. The van der Waals surface area contributed by atoms with Gasteiger partial charge in [-0.2, -0.15) is 4.98 Å². The molecule has 0 fully saturated rings. The molecule has 0 aliphatic rings. The van der Waals surface area contributed by atoms with Crippen LogP contribution in [0.2, 0.25) is 0 Å². The molecular formula is C12H15N5. The Morgan fingerprint density at radius 3 is 2.59 bits per heavy atom. The zero-order valence-corrected chi connectivity index (χ0v) is 9.86. The van der Waals surface area contributed by atoms with Crippen LogP contribution >= 0.6 is 0 Å². The van der Waals surface area contributed by atoms with Crippen LogP contribution in [0.1, 0.15) is 11.3 Å². The summed E-state index contributed by atoms with van der Waals surface area (Å²) in [4.78, 5) is 8.36. The van der Waals surface area contributed by atoms with Gasteiger partial charge in [-0.15, -0.1) is 0 Å². The van der Waals surface area contributed by atoms with Crippen molar-refractivity contribution in [1.82, 2.24) is 9.97 Å². The highest BCUT2D eigenvalue weighted by Crippen LogP contribution is 2.19. The van der Waals surface area contributed by atoms with Crippen molar-refractivity contribution in [2.24, 2.45) is 5.84 Å². The molecule has 0 saturated heterocycles. The molecule has 0 atom stereocenters. The maximum absolute atomic E-state index is 5.31. The molecule has 1 aromatic heterocycles. The molecule has 0 spiro atoms. The first kappa shape index (κ1) is 11.3. The van der Waals surface area contributed by atoms with Crippen LogP contribution in [0.5, 0.6) is 0 Å². The lowest BCUT2D eigenvalue weighted by Gasteiger charge is -2.10. The summed E-state index contributed by atoms with van der Waals surface area (Å²) in [7, 11) is 0. The van der Waals surface area contributed by atoms with Crippen molar-refractivity contribution < 1.29 is 0 Å². The molecule has 0 unspecified atom stereocenters. The third-order valence-corrected chi connectivity index (χ3v) is 2.39. The number of benzene rings is 1. The first-order valence-corrected chi connectivity index (χ1v) is 5.34. The third kappa shape index (κ3) is 2.70. The van der Waals surface area contributed by atoms with E-state index in [9.17, 15) is 0 Å². The molecule has 2 rings (SSSR count). The molecule has 0 saturated carbocycles. The van der Waals surface area contributed by atoms with Crippen LogP contribution in [0.25, 0.3) is 0 Å². The lowest BCUT2D eigenvalue weighted by molar-refractivity contribution is 1.07. The van der Waals surface area contributed by atoms with Crippen molar-refractivity contribution in [2.45, 2.75) is 13.8 Å². The summed E-state index contributed by atoms with van der Waals surface area (Å²) >= 11 is 0. The summed E-state index contributed by atoms with van der Waals surface area (Å²) in [6.07, 6.45) is 0. The molecule has 5 nitrogen and oxygen atoms in total. The van der Waals surface area contributed by atoms with Gasteiger partial charge < -0.3 is 5.32 Å². The highest BCUT2D eigenvalue weighted by atomic mass is 15.3. The van der Waals surface area contributed by atoms with Crippen LogP contribution in [0.3, 0.4) is 0 Å². The fraction of sp³-hybridized carbons (Fsp3) is 0.167. The van der Waals surface area contributed by atoms with Gasteiger partial charge in [0.1, 0.15) is 5.82 Å². The van der Waals surface area contributed by atoms with Gasteiger partial charge in [-0.3, -0.25) is 5.43 Å². The maximum atomic E-state index is 5.31. The van der Waals surface area contributed by atoms with Crippen LogP contribution in [0, 0.1) is 13.8 Å². The molecule has 0 radical (unpaired) electrons. The van der Waals surface area contributed by atoms with Crippen LogP contribution in [0.15, 0.2) is 30.3 Å². The summed E-state index contributed by atoms with van der Waals surface area (Å²) in [6.45, 7) is 3.93. The summed E-state index contributed by atoms with van der Waals surface area (Å²) < 4.78 is 0. The highest BCUT2D eigenvalue weighted by Gasteiger charge is 2.02. The van der Waals surface area contributed by atoms with Gasteiger partial charge in [-0.05, 0) is 25.5 Å². The first-order valence-electron chi connectivity index (χ1n) is 5.34. The Hall–Kier alpha value is -2.14. The number of anilines is 3. The first-order chi connectivity index (χ1) is 8.19. The van der Waals surface area contributed by atoms with Crippen molar-refractivity contribution in [2.75, 3.05) is 10.7 Å². The van der Waals surface area contributed by atoms with E-state index in [4.69, 9.17) is 5.84 Å². The molecule has 0 aliphatic carbocycles. The Kier molecular flexibility index (Phi) is 3.20. The summed E-state index contributed by atoms with van der Waals surface area (Å²) in [6, 6.07) is 9.89. The van der Waals surface area contributed by atoms with E-state index in [1.165, 1.54) is 0 Å². The number of aryl methyl sites for hydroxylation is 2. The fourth-order valence-corrected chi connectivity index (χ4v) is 1.55. The molecule has 0 aliphatic heterocycles. The zero-order chi connectivity index (χ0) is 12.3. The molecular weight excluding hydrogens is 214 g/mol. The number of nitrogens with two attached hydrogens (primary N) is 1. The number of nitrogens with one attached hydrogen (secondary N) is 2. The molecule has 1 heterocycles. The largest absolute Gasteiger partial charge is 0.340 e. The Labute approximate surface area is 100 Å². The molecule has 2 aromatic rings. The van der Waals surface area contributed by atoms with Gasteiger partial charge in [0.2, 0.25) is 5.95 Å². The zero-order valence-electron chi connectivity index (χ0n) is 9.86. The average Bonchev–Trinajstić information content (AvgIpc) is 2.31. The molecule has 88 valence electrons. The quantitative estimate of drug-likeness (QED) is 0.555. The second-order valence-corrected chi connectivity index (χ2v) is 3.80. The van der Waals surface area contributed by atoms with Gasteiger partial charge >= 0.3 is 0 Å². The van der Waals surface area contributed by atoms with Crippen molar-refractivity contribution in [3.05, 3.63) is 41.6 Å². The minimum atomic E-state index is 0.404. The Bertz CT molecular complexity index is 524. The Morgan fingerprint density at radius 2 is 1.88 bits per heavy atom. The monoisotopic (exact) mass is 229 g/mol. The van der Waals surface area contributed by atoms with Crippen molar-refractivity contribution in [3.63, 3.8) is 0 Å². The SMILES string of the molecule is Cc1cc(Nc2ccccc2C)nc(NN)n1. The predicted molar refractivity (Wildman–Crippen MR) is 69.0 cm³/mol. The molecule has 1 aromatic carbocycles. The topological polar surface area (TPSA) is 75.9 Å². The van der Waals surface area contributed by atoms with Crippen molar-refractivity contribution in [3.8, 4) is 0 Å². The molecule has 0 bridgehead atoms. The smallest absolute Gasteiger partial charge is 0.239 e. The van der Waals surface area contributed by atoms with E-state index in [-0.39, 0.29) is 0 Å². The minimum Gasteiger partial charge on any atom is -0.340 e. The van der Waals surface area contributed by atoms with Crippen LogP contribution < -0.4 is 16.6 Å². The van der Waals surface area contributed by atoms with E-state index < -0.39 is 0 Å². The predicted octanol–water partition coefficient (Wildman–Crippen LogP) is 2.12. The van der Waals surface area contributed by atoms with E-state index in [0.29, 0.717) is 5.95 Å². The molecule has 17 heavy (non-hydrogen) atoms. The third-order valence-electron chi connectivity index (χ3n) is 2.39. The van der Waals surface area contributed by atoms with Gasteiger partial charge in [0.25, 0.3) is 0 Å². The number of rotatable bonds is 3. The summed E-state index contributed by atoms with van der Waals surface area (Å²) in [5.41, 5.74) is 5.48. The van der Waals surface area contributed by atoms with Crippen LogP contribution in [-0.2, 0) is 0 Å². The number of nitrogens with zero attached hydrogens (tertiary/aromatic N) is 2. The van der Waals surface area contributed by atoms with Crippen molar-refractivity contribution >= 4 is 17.5 Å². The fourth-order valence-electron chi connectivity index (χ4n) is 1.55. The lowest BCUT2D eigenvalue weighted by Crippen LogP contribution is -2.12. The van der Waals surface area contributed by atoms with E-state index in [0.717, 1.165) is 22.8 Å². The van der Waals surface area contributed by atoms with Crippen LogP contribution in [0.4, 0.5) is 17.5 Å². The molecule has 4 N–H and O–H groups in total. The number of hydrogen-bond acceptors (Lipinski definition) is 5. The highest BCUT2D eigenvalue weighted by molar-refractivity contribution is 5.61. The summed E-state index contributed by atoms with van der Waals surface area (Å²) in [5.74, 6) is 6.43. The number of hydrogen-bond donors (Lipinski definition) is 3. The minimum absolute atomic E-state index is 0.404.